The van der Waals surface area contributed by atoms with Crippen LogP contribution in [0.5, 0.6) is 0 Å². The fourth-order valence-corrected chi connectivity index (χ4v) is 2.31. The second-order valence-electron chi connectivity index (χ2n) is 4.74. The number of ketones is 1. The molecule has 0 radical (unpaired) electrons. The van der Waals surface area contributed by atoms with E-state index in [1.54, 1.807) is 36.4 Å². The summed E-state index contributed by atoms with van der Waals surface area (Å²) in [5.41, 5.74) is 1.70. The van der Waals surface area contributed by atoms with Crippen molar-refractivity contribution >= 4 is 29.0 Å². The van der Waals surface area contributed by atoms with E-state index in [9.17, 15) is 14.4 Å². The van der Waals surface area contributed by atoms with Crippen molar-refractivity contribution in [1.82, 2.24) is 0 Å². The monoisotopic (exact) mass is 292 g/mol. The Morgan fingerprint density at radius 1 is 1.09 bits per heavy atom. The third kappa shape index (κ3) is 2.18. The van der Waals surface area contributed by atoms with E-state index in [0.717, 1.165) is 0 Å². The van der Waals surface area contributed by atoms with Gasteiger partial charge in [0.1, 0.15) is 0 Å². The van der Waals surface area contributed by atoms with Crippen LogP contribution in [0.1, 0.15) is 20.7 Å². The fourth-order valence-electron chi connectivity index (χ4n) is 2.31. The Bertz CT molecular complexity index is 797. The number of nitrogens with zero attached hydrogens (tertiary/aromatic N) is 1. The van der Waals surface area contributed by atoms with E-state index in [2.05, 4.69) is 11.9 Å². The summed E-state index contributed by atoms with van der Waals surface area (Å²) < 4.78 is 0. The van der Waals surface area contributed by atoms with E-state index in [1.165, 1.54) is 17.2 Å². The smallest absolute Gasteiger partial charge is 0.303 e. The molecule has 0 aliphatic carbocycles. The lowest BCUT2D eigenvalue weighted by atomic mass is 10.1. The summed E-state index contributed by atoms with van der Waals surface area (Å²) in [6, 6.07) is 13.5. The number of hydrogen-bond acceptors (Lipinski definition) is 3. The highest BCUT2D eigenvalue weighted by Crippen LogP contribution is 2.31. The van der Waals surface area contributed by atoms with Crippen molar-refractivity contribution in [3.8, 4) is 0 Å². The first kappa shape index (κ1) is 13.8. The first-order valence-electron chi connectivity index (χ1n) is 6.62. The van der Waals surface area contributed by atoms with E-state index >= 15 is 0 Å². The van der Waals surface area contributed by atoms with Crippen molar-refractivity contribution in [3.05, 3.63) is 72.4 Å². The maximum atomic E-state index is 12.1. The predicted octanol–water partition coefficient (Wildman–Crippen LogP) is 2.61. The molecule has 0 saturated carbocycles. The summed E-state index contributed by atoms with van der Waals surface area (Å²) in [5.74, 6) is -1.53. The van der Waals surface area contributed by atoms with Crippen LogP contribution in [0.3, 0.4) is 0 Å². The number of benzene rings is 2. The Morgan fingerprint density at radius 3 is 2.50 bits per heavy atom. The maximum absolute atomic E-state index is 12.1. The van der Waals surface area contributed by atoms with Gasteiger partial charge in [0.15, 0.2) is 0 Å². The molecule has 1 aliphatic rings. The summed E-state index contributed by atoms with van der Waals surface area (Å²) >= 11 is 0. The molecule has 2 aromatic rings. The first-order valence-corrected chi connectivity index (χ1v) is 6.62. The minimum atomic E-state index is -0.642. The molecule has 2 aromatic carbocycles. The van der Waals surface area contributed by atoms with Crippen molar-refractivity contribution in [2.45, 2.75) is 0 Å². The Kier molecular flexibility index (Phi) is 3.31. The van der Waals surface area contributed by atoms with Crippen LogP contribution in [-0.4, -0.2) is 17.6 Å². The van der Waals surface area contributed by atoms with Crippen LogP contribution in [0.2, 0.25) is 0 Å². The highest BCUT2D eigenvalue weighted by Gasteiger charge is 2.34. The molecule has 22 heavy (non-hydrogen) atoms. The molecule has 108 valence electrons. The molecule has 0 unspecified atom stereocenters. The van der Waals surface area contributed by atoms with E-state index < -0.39 is 11.7 Å². The van der Waals surface area contributed by atoms with Gasteiger partial charge in [-0.05, 0) is 30.3 Å². The zero-order valence-corrected chi connectivity index (χ0v) is 11.6. The molecule has 3 rings (SSSR count). The number of nitrogens with one attached hydrogen (secondary N) is 1. The van der Waals surface area contributed by atoms with E-state index in [4.69, 9.17) is 0 Å². The van der Waals surface area contributed by atoms with Crippen molar-refractivity contribution in [1.29, 1.82) is 0 Å². The second kappa shape index (κ2) is 5.29. The number of carbonyl (C=O) groups excluding carboxylic acids is 3. The SMILES string of the molecule is C=CN1C(=O)C(=O)c2cc(NC(=O)c3ccccc3)ccc21. The largest absolute Gasteiger partial charge is 0.322 e. The van der Waals surface area contributed by atoms with Crippen molar-refractivity contribution < 1.29 is 14.4 Å². The van der Waals surface area contributed by atoms with Crippen molar-refractivity contribution in [2.75, 3.05) is 10.2 Å². The second-order valence-corrected chi connectivity index (χ2v) is 4.74. The van der Waals surface area contributed by atoms with Crippen LogP contribution in [-0.2, 0) is 4.79 Å². The molecule has 0 atom stereocenters. The highest BCUT2D eigenvalue weighted by molar-refractivity contribution is 6.52. The molecule has 0 spiro atoms. The van der Waals surface area contributed by atoms with Crippen LogP contribution in [0.15, 0.2) is 61.3 Å². The van der Waals surface area contributed by atoms with Crippen LogP contribution in [0.4, 0.5) is 11.4 Å². The third-order valence-corrected chi connectivity index (χ3v) is 3.39. The van der Waals surface area contributed by atoms with E-state index in [0.29, 0.717) is 16.9 Å². The third-order valence-electron chi connectivity index (χ3n) is 3.39. The normalized spacial score (nSPS) is 13.0. The Morgan fingerprint density at radius 2 is 1.82 bits per heavy atom. The molecule has 5 heteroatoms. The zero-order valence-electron chi connectivity index (χ0n) is 11.6. The predicted molar refractivity (Wildman–Crippen MR) is 82.9 cm³/mol. The molecular weight excluding hydrogens is 280 g/mol. The van der Waals surface area contributed by atoms with Gasteiger partial charge in [0.2, 0.25) is 0 Å². The summed E-state index contributed by atoms with van der Waals surface area (Å²) in [4.78, 5) is 37.0. The van der Waals surface area contributed by atoms with Gasteiger partial charge >= 0.3 is 5.91 Å². The van der Waals surface area contributed by atoms with Gasteiger partial charge in [0, 0.05) is 17.5 Å². The Hall–Kier alpha value is -3.21. The van der Waals surface area contributed by atoms with Gasteiger partial charge in [-0.3, -0.25) is 19.3 Å². The average molecular weight is 292 g/mol. The molecule has 2 amide bonds. The molecule has 1 aliphatic heterocycles. The van der Waals surface area contributed by atoms with Gasteiger partial charge in [0.05, 0.1) is 11.3 Å². The molecule has 1 heterocycles. The number of hydrogen-bond donors (Lipinski definition) is 1. The minimum Gasteiger partial charge on any atom is -0.322 e. The maximum Gasteiger partial charge on any atom is 0.303 e. The van der Waals surface area contributed by atoms with Gasteiger partial charge in [-0.2, -0.15) is 0 Å². The van der Waals surface area contributed by atoms with Crippen LogP contribution in [0.25, 0.3) is 0 Å². The number of rotatable bonds is 3. The van der Waals surface area contributed by atoms with E-state index in [-0.39, 0.29) is 11.5 Å². The van der Waals surface area contributed by atoms with Gasteiger partial charge in [0.25, 0.3) is 11.7 Å². The summed E-state index contributed by atoms with van der Waals surface area (Å²) in [5, 5.41) is 2.71. The lowest BCUT2D eigenvalue weighted by Gasteiger charge is -2.10. The highest BCUT2D eigenvalue weighted by atomic mass is 16.2. The Balaban J connectivity index is 1.90. The van der Waals surface area contributed by atoms with E-state index in [1.807, 2.05) is 6.07 Å². The van der Waals surface area contributed by atoms with Crippen molar-refractivity contribution in [2.24, 2.45) is 0 Å². The van der Waals surface area contributed by atoms with Gasteiger partial charge in [-0.1, -0.05) is 24.8 Å². The minimum absolute atomic E-state index is 0.260. The van der Waals surface area contributed by atoms with Crippen LogP contribution < -0.4 is 10.2 Å². The molecule has 0 bridgehead atoms. The molecular formula is C17H12N2O3. The quantitative estimate of drug-likeness (QED) is 0.884. The first-order chi connectivity index (χ1) is 10.6. The lowest BCUT2D eigenvalue weighted by molar-refractivity contribution is -0.113. The summed E-state index contributed by atoms with van der Waals surface area (Å²) in [7, 11) is 0. The standard InChI is InChI=1S/C17H12N2O3/c1-2-19-14-9-8-12(10-13(14)15(20)17(19)22)18-16(21)11-6-4-3-5-7-11/h2-10H,1H2,(H,18,21). The number of anilines is 2. The average Bonchev–Trinajstić information content (AvgIpc) is 2.79. The van der Waals surface area contributed by atoms with Crippen molar-refractivity contribution in [3.63, 3.8) is 0 Å². The molecule has 1 N–H and O–H groups in total. The molecule has 5 nitrogen and oxygen atoms in total. The molecule has 0 aromatic heterocycles. The van der Waals surface area contributed by atoms with Gasteiger partial charge < -0.3 is 5.32 Å². The Labute approximate surface area is 126 Å². The molecule has 0 fully saturated rings. The topological polar surface area (TPSA) is 66.5 Å². The van der Waals surface area contributed by atoms with Gasteiger partial charge in [-0.25, -0.2) is 0 Å². The molecule has 0 saturated heterocycles. The number of amides is 2. The number of fused-ring (bicyclic) bond motifs is 1. The zero-order chi connectivity index (χ0) is 15.7. The fraction of sp³-hybridized carbons (Fsp3) is 0. The number of carbonyl (C=O) groups is 3. The summed E-state index contributed by atoms with van der Waals surface area (Å²) in [6.07, 6.45) is 1.30. The van der Waals surface area contributed by atoms with Gasteiger partial charge in [-0.15, -0.1) is 0 Å². The number of Topliss-reactive ketones (excluding diaryl/α,β-unsaturated/α-hetero) is 1. The lowest BCUT2D eigenvalue weighted by Crippen LogP contribution is -2.23. The van der Waals surface area contributed by atoms with Crippen LogP contribution in [0, 0.1) is 0 Å². The van der Waals surface area contributed by atoms with Crippen LogP contribution >= 0.6 is 0 Å². The summed E-state index contributed by atoms with van der Waals surface area (Å²) in [6.45, 7) is 3.52.